The van der Waals surface area contributed by atoms with Crippen LogP contribution in [0.5, 0.6) is 0 Å². The number of hydrogen-bond acceptors (Lipinski definition) is 4. The van der Waals surface area contributed by atoms with E-state index in [2.05, 4.69) is 10.2 Å². The Bertz CT molecular complexity index is 424. The highest BCUT2D eigenvalue weighted by atomic mass is 16.2. The molecule has 16 heavy (non-hydrogen) atoms. The highest BCUT2D eigenvalue weighted by Crippen LogP contribution is 2.18. The van der Waals surface area contributed by atoms with Gasteiger partial charge in [0.25, 0.3) is 0 Å². The molecule has 0 aliphatic heterocycles. The van der Waals surface area contributed by atoms with Gasteiger partial charge < -0.3 is 0 Å². The molecule has 1 aromatic carbocycles. The zero-order chi connectivity index (χ0) is 12.1. The van der Waals surface area contributed by atoms with Gasteiger partial charge in [0.15, 0.2) is 17.6 Å². The number of carbonyl (C=O) groups is 2. The molecule has 4 nitrogen and oxygen atoms in total. The van der Waals surface area contributed by atoms with Crippen molar-refractivity contribution >= 4 is 17.3 Å². The average Bonchev–Trinajstić information content (AvgIpc) is 2.20. The summed E-state index contributed by atoms with van der Waals surface area (Å²) in [6.07, 6.45) is 0. The van der Waals surface area contributed by atoms with E-state index in [4.69, 9.17) is 0 Å². The van der Waals surface area contributed by atoms with E-state index < -0.39 is 6.04 Å². The molecule has 0 heterocycles. The van der Waals surface area contributed by atoms with Crippen LogP contribution >= 0.6 is 0 Å². The summed E-state index contributed by atoms with van der Waals surface area (Å²) in [5.74, 6) is -0.574. The van der Waals surface area contributed by atoms with E-state index >= 15 is 0 Å². The minimum absolute atomic E-state index is 0.287. The number of hydrogen-bond donors (Lipinski definition) is 0. The number of azo groups is 1. The molecule has 0 spiro atoms. The predicted octanol–water partition coefficient (Wildman–Crippen LogP) is 2.63. The van der Waals surface area contributed by atoms with Crippen LogP contribution in [-0.2, 0) is 9.59 Å². The van der Waals surface area contributed by atoms with Crippen LogP contribution in [0.4, 0.5) is 5.69 Å². The predicted molar refractivity (Wildman–Crippen MR) is 60.8 cm³/mol. The lowest BCUT2D eigenvalue weighted by Gasteiger charge is -2.02. The van der Waals surface area contributed by atoms with E-state index in [1.807, 2.05) is 25.1 Å². The SMILES string of the molecule is CC(=O)C(N=Nc1ccccc1C)C(C)=O. The van der Waals surface area contributed by atoms with Gasteiger partial charge in [0, 0.05) is 0 Å². The highest BCUT2D eigenvalue weighted by molar-refractivity contribution is 6.04. The lowest BCUT2D eigenvalue weighted by molar-refractivity contribution is -0.126. The molecule has 0 aliphatic carbocycles. The summed E-state index contributed by atoms with van der Waals surface area (Å²) in [4.78, 5) is 22.2. The van der Waals surface area contributed by atoms with E-state index in [9.17, 15) is 9.59 Å². The number of benzene rings is 1. The maximum absolute atomic E-state index is 11.1. The molecule has 0 bridgehead atoms. The topological polar surface area (TPSA) is 58.9 Å². The molecule has 0 aliphatic rings. The first-order chi connectivity index (χ1) is 7.52. The molecule has 0 atom stereocenters. The van der Waals surface area contributed by atoms with E-state index in [-0.39, 0.29) is 11.6 Å². The third-order valence-corrected chi connectivity index (χ3v) is 2.17. The standard InChI is InChI=1S/C12H14N2O2/c1-8-6-4-5-7-11(8)13-14-12(9(2)15)10(3)16/h4-7,12H,1-3H3. The van der Waals surface area contributed by atoms with E-state index in [1.54, 1.807) is 6.07 Å². The second kappa shape index (κ2) is 5.30. The van der Waals surface area contributed by atoms with Crippen molar-refractivity contribution in [3.05, 3.63) is 29.8 Å². The molecule has 0 saturated heterocycles. The number of nitrogens with zero attached hydrogens (tertiary/aromatic N) is 2. The van der Waals surface area contributed by atoms with Crippen molar-refractivity contribution in [3.8, 4) is 0 Å². The van der Waals surface area contributed by atoms with Crippen molar-refractivity contribution in [1.82, 2.24) is 0 Å². The molecule has 1 aromatic rings. The van der Waals surface area contributed by atoms with Crippen LogP contribution in [0.15, 0.2) is 34.5 Å². The Balaban J connectivity index is 2.91. The molecule has 0 unspecified atom stereocenters. The van der Waals surface area contributed by atoms with Gasteiger partial charge in [0.1, 0.15) is 0 Å². The second-order valence-electron chi connectivity index (χ2n) is 3.63. The molecular weight excluding hydrogens is 204 g/mol. The first-order valence-corrected chi connectivity index (χ1v) is 4.99. The fourth-order valence-corrected chi connectivity index (χ4v) is 1.24. The van der Waals surface area contributed by atoms with Gasteiger partial charge in [0.05, 0.1) is 5.69 Å². The normalized spacial score (nSPS) is 11.0. The van der Waals surface area contributed by atoms with Crippen molar-refractivity contribution in [2.24, 2.45) is 10.2 Å². The molecule has 0 fully saturated rings. The Kier molecular flexibility index (Phi) is 4.05. The summed E-state index contributed by atoms with van der Waals surface area (Å²) in [5, 5.41) is 7.71. The first kappa shape index (κ1) is 12.2. The number of rotatable bonds is 4. The lowest BCUT2D eigenvalue weighted by Crippen LogP contribution is -2.23. The smallest absolute Gasteiger partial charge is 0.187 e. The van der Waals surface area contributed by atoms with Crippen LogP contribution in [0.3, 0.4) is 0 Å². The average molecular weight is 218 g/mol. The van der Waals surface area contributed by atoms with Crippen LogP contribution in [0, 0.1) is 6.92 Å². The number of Topliss-reactive ketones (excluding diaryl/α,β-unsaturated/α-hetero) is 2. The van der Waals surface area contributed by atoms with Gasteiger partial charge in [-0.1, -0.05) is 18.2 Å². The van der Waals surface area contributed by atoms with Gasteiger partial charge in [-0.05, 0) is 32.4 Å². The van der Waals surface area contributed by atoms with E-state index in [0.29, 0.717) is 5.69 Å². The van der Waals surface area contributed by atoms with Gasteiger partial charge in [-0.15, -0.1) is 0 Å². The molecule has 0 aromatic heterocycles. The van der Waals surface area contributed by atoms with Crippen molar-refractivity contribution < 1.29 is 9.59 Å². The molecule has 84 valence electrons. The largest absolute Gasteiger partial charge is 0.297 e. The van der Waals surface area contributed by atoms with Crippen LogP contribution in [0.1, 0.15) is 19.4 Å². The molecule has 0 saturated carbocycles. The quantitative estimate of drug-likeness (QED) is 0.576. The maximum atomic E-state index is 11.1. The number of carbonyl (C=O) groups excluding carboxylic acids is 2. The Morgan fingerprint density at radius 1 is 1.12 bits per heavy atom. The van der Waals surface area contributed by atoms with Gasteiger partial charge in [-0.3, -0.25) is 9.59 Å². The third-order valence-electron chi connectivity index (χ3n) is 2.17. The zero-order valence-corrected chi connectivity index (χ0v) is 9.60. The van der Waals surface area contributed by atoms with Crippen molar-refractivity contribution in [2.75, 3.05) is 0 Å². The van der Waals surface area contributed by atoms with Crippen molar-refractivity contribution in [3.63, 3.8) is 0 Å². The van der Waals surface area contributed by atoms with Gasteiger partial charge >= 0.3 is 0 Å². The summed E-state index contributed by atoms with van der Waals surface area (Å²) >= 11 is 0. The summed E-state index contributed by atoms with van der Waals surface area (Å²) < 4.78 is 0. The van der Waals surface area contributed by atoms with Gasteiger partial charge in [0.2, 0.25) is 0 Å². The summed E-state index contributed by atoms with van der Waals surface area (Å²) in [6, 6.07) is 6.43. The molecule has 0 N–H and O–H groups in total. The van der Waals surface area contributed by atoms with Gasteiger partial charge in [-0.25, -0.2) is 0 Å². The summed E-state index contributed by atoms with van der Waals surface area (Å²) in [6.45, 7) is 4.57. The fourth-order valence-electron chi connectivity index (χ4n) is 1.24. The molecule has 4 heteroatoms. The molecule has 0 amide bonds. The summed E-state index contributed by atoms with van der Waals surface area (Å²) in [5.41, 5.74) is 1.63. The minimum atomic E-state index is -0.973. The van der Waals surface area contributed by atoms with E-state index in [1.165, 1.54) is 13.8 Å². The Morgan fingerprint density at radius 3 is 2.19 bits per heavy atom. The van der Waals surface area contributed by atoms with Crippen molar-refractivity contribution in [1.29, 1.82) is 0 Å². The molecule has 0 radical (unpaired) electrons. The monoisotopic (exact) mass is 218 g/mol. The number of aryl methyl sites for hydroxylation is 1. The Morgan fingerprint density at radius 2 is 1.69 bits per heavy atom. The fraction of sp³-hybridized carbons (Fsp3) is 0.333. The maximum Gasteiger partial charge on any atom is 0.187 e. The van der Waals surface area contributed by atoms with Crippen LogP contribution < -0.4 is 0 Å². The lowest BCUT2D eigenvalue weighted by atomic mass is 10.1. The highest BCUT2D eigenvalue weighted by Gasteiger charge is 2.18. The summed E-state index contributed by atoms with van der Waals surface area (Å²) in [7, 11) is 0. The van der Waals surface area contributed by atoms with Crippen LogP contribution in [0.25, 0.3) is 0 Å². The Hall–Kier alpha value is -1.84. The van der Waals surface area contributed by atoms with Crippen LogP contribution in [-0.4, -0.2) is 17.6 Å². The molecule has 1 rings (SSSR count). The van der Waals surface area contributed by atoms with E-state index in [0.717, 1.165) is 5.56 Å². The Labute approximate surface area is 94.4 Å². The molecular formula is C12H14N2O2. The van der Waals surface area contributed by atoms with Crippen LogP contribution in [0.2, 0.25) is 0 Å². The minimum Gasteiger partial charge on any atom is -0.297 e. The van der Waals surface area contributed by atoms with Gasteiger partial charge in [-0.2, -0.15) is 10.2 Å². The van der Waals surface area contributed by atoms with Crippen molar-refractivity contribution in [2.45, 2.75) is 26.8 Å². The second-order valence-corrected chi connectivity index (χ2v) is 3.63. The zero-order valence-electron chi connectivity index (χ0n) is 9.60. The first-order valence-electron chi connectivity index (χ1n) is 4.99. The number of ketones is 2. The third kappa shape index (κ3) is 3.08.